The maximum atomic E-state index is 12.8. The number of nitrogens with zero attached hydrogens (tertiary/aromatic N) is 2. The molecule has 0 saturated carbocycles. The Kier molecular flexibility index (Phi) is 5.10. The lowest BCUT2D eigenvalue weighted by Crippen LogP contribution is -2.19. The average molecular weight is 399 g/mol. The number of hydrogen-bond donors (Lipinski definition) is 2. The van der Waals surface area contributed by atoms with Crippen LogP contribution in [0.15, 0.2) is 48.0 Å². The van der Waals surface area contributed by atoms with Gasteiger partial charge in [0, 0.05) is 17.3 Å². The predicted molar refractivity (Wildman–Crippen MR) is 94.4 cm³/mol. The summed E-state index contributed by atoms with van der Waals surface area (Å²) in [7, 11) is 0. The summed E-state index contributed by atoms with van der Waals surface area (Å²) in [5.41, 5.74) is 0.158. The number of nitrogens with one attached hydrogen (secondary N) is 2. The zero-order valence-corrected chi connectivity index (χ0v) is 14.4. The molecule has 134 valence electrons. The molecule has 5 nitrogen and oxygen atoms in total. The number of thiazole rings is 1. The molecule has 10 heteroatoms. The Balaban J connectivity index is 1.69. The number of halogens is 4. The second kappa shape index (κ2) is 7.30. The Morgan fingerprint density at radius 3 is 2.62 bits per heavy atom. The fourth-order valence-electron chi connectivity index (χ4n) is 2.04. The fourth-order valence-corrected chi connectivity index (χ4v) is 2.97. The molecule has 0 aliphatic carbocycles. The third kappa shape index (κ3) is 4.30. The molecular formula is C16H10ClF3N4OS. The molecule has 0 aliphatic heterocycles. The highest BCUT2D eigenvalue weighted by atomic mass is 35.5. The Morgan fingerprint density at radius 1 is 1.12 bits per heavy atom. The lowest BCUT2D eigenvalue weighted by Gasteiger charge is -2.11. The molecule has 0 saturated heterocycles. The van der Waals surface area contributed by atoms with Crippen LogP contribution in [0.2, 0.25) is 5.02 Å². The van der Waals surface area contributed by atoms with E-state index >= 15 is 0 Å². The van der Waals surface area contributed by atoms with Crippen LogP contribution in [0.1, 0.15) is 5.56 Å². The van der Waals surface area contributed by atoms with E-state index in [0.717, 1.165) is 12.1 Å². The molecule has 2 aromatic heterocycles. The first-order valence-corrected chi connectivity index (χ1v) is 8.40. The van der Waals surface area contributed by atoms with Crippen LogP contribution in [0.5, 0.6) is 0 Å². The molecule has 3 rings (SSSR count). The number of benzene rings is 1. The minimum atomic E-state index is -4.61. The van der Waals surface area contributed by atoms with E-state index < -0.39 is 22.8 Å². The SMILES string of the molecule is O=C(Nc1ccc(Cl)c(C(F)(F)F)c1)Nc1nc(-c2ccccn2)cs1. The number of amides is 2. The Labute approximate surface area is 154 Å². The number of alkyl halides is 3. The van der Waals surface area contributed by atoms with Crippen molar-refractivity contribution in [2.24, 2.45) is 0 Å². The van der Waals surface area contributed by atoms with E-state index in [4.69, 9.17) is 11.6 Å². The average Bonchev–Trinajstić information content (AvgIpc) is 3.05. The highest BCUT2D eigenvalue weighted by Gasteiger charge is 2.33. The van der Waals surface area contributed by atoms with E-state index in [9.17, 15) is 18.0 Å². The minimum absolute atomic E-state index is 0.0410. The van der Waals surface area contributed by atoms with Gasteiger partial charge in [-0.25, -0.2) is 9.78 Å². The Bertz CT molecular complexity index is 931. The highest BCUT2D eigenvalue weighted by Crippen LogP contribution is 2.36. The molecule has 2 amide bonds. The zero-order valence-electron chi connectivity index (χ0n) is 12.8. The van der Waals surface area contributed by atoms with E-state index in [-0.39, 0.29) is 10.8 Å². The van der Waals surface area contributed by atoms with Gasteiger partial charge in [0.15, 0.2) is 5.13 Å². The number of urea groups is 1. The molecule has 1 aromatic carbocycles. The minimum Gasteiger partial charge on any atom is -0.308 e. The van der Waals surface area contributed by atoms with Crippen molar-refractivity contribution in [1.82, 2.24) is 9.97 Å². The maximum Gasteiger partial charge on any atom is 0.417 e. The van der Waals surface area contributed by atoms with Gasteiger partial charge >= 0.3 is 12.2 Å². The lowest BCUT2D eigenvalue weighted by atomic mass is 10.2. The Morgan fingerprint density at radius 2 is 1.92 bits per heavy atom. The van der Waals surface area contributed by atoms with Crippen molar-refractivity contribution in [2.75, 3.05) is 10.6 Å². The van der Waals surface area contributed by atoms with Crippen LogP contribution >= 0.6 is 22.9 Å². The molecule has 3 aromatic rings. The first-order chi connectivity index (χ1) is 12.3. The van der Waals surface area contributed by atoms with E-state index in [1.54, 1.807) is 29.8 Å². The van der Waals surface area contributed by atoms with Gasteiger partial charge in [-0.2, -0.15) is 13.2 Å². The first kappa shape index (κ1) is 18.2. The number of hydrogen-bond acceptors (Lipinski definition) is 4. The van der Waals surface area contributed by atoms with Gasteiger partial charge in [-0.05, 0) is 30.3 Å². The van der Waals surface area contributed by atoms with Crippen LogP contribution in [0.3, 0.4) is 0 Å². The van der Waals surface area contributed by atoms with E-state index in [2.05, 4.69) is 20.6 Å². The zero-order chi connectivity index (χ0) is 18.7. The number of anilines is 2. The third-order valence-electron chi connectivity index (χ3n) is 3.18. The van der Waals surface area contributed by atoms with Crippen molar-refractivity contribution in [3.8, 4) is 11.4 Å². The number of aromatic nitrogens is 2. The van der Waals surface area contributed by atoms with Crippen LogP contribution in [-0.2, 0) is 6.18 Å². The molecular weight excluding hydrogens is 389 g/mol. The number of carbonyl (C=O) groups excluding carboxylic acids is 1. The van der Waals surface area contributed by atoms with Crippen molar-refractivity contribution in [1.29, 1.82) is 0 Å². The summed E-state index contributed by atoms with van der Waals surface area (Å²) in [5, 5.41) is 6.34. The summed E-state index contributed by atoms with van der Waals surface area (Å²) >= 11 is 6.71. The molecule has 0 atom stereocenters. The quantitative estimate of drug-likeness (QED) is 0.610. The van der Waals surface area contributed by atoms with E-state index in [0.29, 0.717) is 11.4 Å². The largest absolute Gasteiger partial charge is 0.417 e. The lowest BCUT2D eigenvalue weighted by molar-refractivity contribution is -0.137. The highest BCUT2D eigenvalue weighted by molar-refractivity contribution is 7.14. The van der Waals surface area contributed by atoms with Crippen LogP contribution in [0.25, 0.3) is 11.4 Å². The van der Waals surface area contributed by atoms with E-state index in [1.807, 2.05) is 0 Å². The topological polar surface area (TPSA) is 66.9 Å². The fraction of sp³-hybridized carbons (Fsp3) is 0.0625. The molecule has 0 bridgehead atoms. The summed E-state index contributed by atoms with van der Waals surface area (Å²) in [4.78, 5) is 20.4. The number of carbonyl (C=O) groups is 1. The van der Waals surface area contributed by atoms with Crippen molar-refractivity contribution < 1.29 is 18.0 Å². The molecule has 0 radical (unpaired) electrons. The van der Waals surface area contributed by atoms with E-state index in [1.165, 1.54) is 17.4 Å². The predicted octanol–water partition coefficient (Wildman–Crippen LogP) is 5.52. The third-order valence-corrected chi connectivity index (χ3v) is 4.27. The molecule has 0 fully saturated rings. The van der Waals surface area contributed by atoms with Gasteiger partial charge in [0.25, 0.3) is 0 Å². The summed E-state index contributed by atoms with van der Waals surface area (Å²) in [6.07, 6.45) is -2.99. The standard InChI is InChI=1S/C16H10ClF3N4OS/c17-11-5-4-9(7-10(11)16(18,19)20)22-14(25)24-15-23-13(8-26-15)12-3-1-2-6-21-12/h1-8H,(H2,22,23,24,25). The summed E-state index contributed by atoms with van der Waals surface area (Å²) < 4.78 is 38.5. The molecule has 0 unspecified atom stereocenters. The summed E-state index contributed by atoms with van der Waals surface area (Å²) in [5.74, 6) is 0. The second-order valence-electron chi connectivity index (χ2n) is 5.02. The smallest absolute Gasteiger partial charge is 0.308 e. The first-order valence-electron chi connectivity index (χ1n) is 7.14. The maximum absolute atomic E-state index is 12.8. The van der Waals surface area contributed by atoms with Crippen molar-refractivity contribution in [3.05, 3.63) is 58.6 Å². The van der Waals surface area contributed by atoms with Crippen LogP contribution in [-0.4, -0.2) is 16.0 Å². The number of pyridine rings is 1. The van der Waals surface area contributed by atoms with Crippen LogP contribution in [0, 0.1) is 0 Å². The van der Waals surface area contributed by atoms with Gasteiger partial charge in [-0.15, -0.1) is 11.3 Å². The second-order valence-corrected chi connectivity index (χ2v) is 6.29. The molecule has 26 heavy (non-hydrogen) atoms. The van der Waals surface area contributed by atoms with Gasteiger partial charge in [0.1, 0.15) is 5.69 Å². The Hall–Kier alpha value is -2.65. The summed E-state index contributed by atoms with van der Waals surface area (Å²) in [6.45, 7) is 0. The van der Waals surface area contributed by atoms with Gasteiger partial charge in [-0.1, -0.05) is 17.7 Å². The van der Waals surface area contributed by atoms with Gasteiger partial charge < -0.3 is 5.32 Å². The van der Waals surface area contributed by atoms with Crippen LogP contribution in [0.4, 0.5) is 28.8 Å². The van der Waals surface area contributed by atoms with Crippen molar-refractivity contribution in [3.63, 3.8) is 0 Å². The normalized spacial score (nSPS) is 11.2. The van der Waals surface area contributed by atoms with Gasteiger partial charge in [0.05, 0.1) is 16.3 Å². The van der Waals surface area contributed by atoms with Gasteiger partial charge in [-0.3, -0.25) is 10.3 Å². The molecule has 2 heterocycles. The monoisotopic (exact) mass is 398 g/mol. The summed E-state index contributed by atoms with van der Waals surface area (Å²) in [6, 6.07) is 7.74. The number of rotatable bonds is 3. The molecule has 0 aliphatic rings. The molecule has 2 N–H and O–H groups in total. The van der Waals surface area contributed by atoms with Crippen LogP contribution < -0.4 is 10.6 Å². The van der Waals surface area contributed by atoms with Crippen molar-refractivity contribution >= 4 is 39.8 Å². The van der Waals surface area contributed by atoms with Crippen molar-refractivity contribution in [2.45, 2.75) is 6.18 Å². The molecule has 0 spiro atoms. The van der Waals surface area contributed by atoms with Gasteiger partial charge in [0.2, 0.25) is 0 Å².